The molecule has 0 aliphatic carbocycles. The van der Waals surface area contributed by atoms with Crippen LogP contribution in [-0.4, -0.2) is 8.42 Å². The third kappa shape index (κ3) is 2.42. The number of hydrogen-bond acceptors (Lipinski definition) is 2. The molecule has 72 valence electrons. The third-order valence-electron chi connectivity index (χ3n) is 1.47. The molecule has 0 atom stereocenters. The van der Waals surface area contributed by atoms with Gasteiger partial charge in [-0.25, -0.2) is 12.8 Å². The van der Waals surface area contributed by atoms with E-state index in [9.17, 15) is 12.8 Å². The molecule has 0 fully saturated rings. The molecule has 0 bridgehead atoms. The smallest absolute Gasteiger partial charge is 0.207 e. The minimum Gasteiger partial charge on any atom is -0.207 e. The summed E-state index contributed by atoms with van der Waals surface area (Å²) in [4.78, 5) is -0.189. The Labute approximate surface area is 88.3 Å². The third-order valence-corrected chi connectivity index (χ3v) is 3.44. The van der Waals surface area contributed by atoms with Gasteiger partial charge in [0, 0.05) is 21.6 Å². The highest BCUT2D eigenvalue weighted by Gasteiger charge is 2.17. The van der Waals surface area contributed by atoms with Crippen molar-refractivity contribution >= 4 is 35.7 Å². The molecule has 1 aromatic carbocycles. The number of benzene rings is 1. The minimum atomic E-state index is -3.87. The molecule has 0 saturated carbocycles. The molecule has 1 aromatic rings. The molecule has 0 unspecified atom stereocenters. The van der Waals surface area contributed by atoms with E-state index in [2.05, 4.69) is 15.9 Å². The van der Waals surface area contributed by atoms with Crippen molar-refractivity contribution in [1.82, 2.24) is 0 Å². The highest BCUT2D eigenvalue weighted by Crippen LogP contribution is 2.24. The van der Waals surface area contributed by atoms with E-state index in [1.165, 1.54) is 18.2 Å². The lowest BCUT2D eigenvalue weighted by Crippen LogP contribution is -1.98. The van der Waals surface area contributed by atoms with Gasteiger partial charge in [-0.3, -0.25) is 0 Å². The van der Waals surface area contributed by atoms with E-state index >= 15 is 0 Å². The molecule has 6 heteroatoms. The first-order valence-corrected chi connectivity index (χ1v) is 6.68. The van der Waals surface area contributed by atoms with Gasteiger partial charge in [0.2, 0.25) is 0 Å². The molecule has 0 amide bonds. The quantitative estimate of drug-likeness (QED) is 0.619. The van der Waals surface area contributed by atoms with Crippen LogP contribution >= 0.6 is 26.6 Å². The van der Waals surface area contributed by atoms with Gasteiger partial charge < -0.3 is 0 Å². The van der Waals surface area contributed by atoms with Gasteiger partial charge >= 0.3 is 0 Å². The predicted molar refractivity (Wildman–Crippen MR) is 52.1 cm³/mol. The molecule has 0 saturated heterocycles. The van der Waals surface area contributed by atoms with Gasteiger partial charge in [-0.05, 0) is 12.1 Å². The Hall–Kier alpha value is -0.130. The molecule has 0 spiro atoms. The average molecular weight is 288 g/mol. The molecule has 0 aliphatic heterocycles. The largest absolute Gasteiger partial charge is 0.261 e. The summed E-state index contributed by atoms with van der Waals surface area (Å²) in [7, 11) is 1.23. The Morgan fingerprint density at radius 3 is 2.46 bits per heavy atom. The Kier molecular flexibility index (Phi) is 3.32. The number of halogens is 3. The maximum Gasteiger partial charge on any atom is 0.261 e. The standard InChI is InChI=1S/C7H5BrClFO2S/c8-4-5-6(10)2-1-3-7(5)13(9,11)12/h1-3H,4H2. The maximum atomic E-state index is 13.0. The molecular formula is C7H5BrClFO2S. The normalized spacial score (nSPS) is 11.6. The lowest BCUT2D eigenvalue weighted by atomic mass is 10.2. The summed E-state index contributed by atoms with van der Waals surface area (Å²) in [6, 6.07) is 3.75. The maximum absolute atomic E-state index is 13.0. The zero-order valence-corrected chi connectivity index (χ0v) is 9.46. The van der Waals surface area contributed by atoms with Crippen LogP contribution in [0.15, 0.2) is 23.1 Å². The van der Waals surface area contributed by atoms with E-state index in [0.29, 0.717) is 0 Å². The van der Waals surface area contributed by atoms with Gasteiger partial charge in [0.25, 0.3) is 9.05 Å². The fourth-order valence-electron chi connectivity index (χ4n) is 0.897. The highest BCUT2D eigenvalue weighted by atomic mass is 79.9. The van der Waals surface area contributed by atoms with Crippen molar-refractivity contribution in [1.29, 1.82) is 0 Å². The van der Waals surface area contributed by atoms with Crippen molar-refractivity contribution in [2.45, 2.75) is 10.2 Å². The fourth-order valence-corrected chi connectivity index (χ4v) is 2.79. The van der Waals surface area contributed by atoms with Crippen LogP contribution < -0.4 is 0 Å². The zero-order chi connectivity index (χ0) is 10.1. The minimum absolute atomic E-state index is 0.0532. The van der Waals surface area contributed by atoms with Crippen LogP contribution in [0.25, 0.3) is 0 Å². The zero-order valence-electron chi connectivity index (χ0n) is 6.30. The van der Waals surface area contributed by atoms with Crippen molar-refractivity contribution < 1.29 is 12.8 Å². The van der Waals surface area contributed by atoms with E-state index in [-0.39, 0.29) is 15.8 Å². The molecule has 13 heavy (non-hydrogen) atoms. The van der Waals surface area contributed by atoms with Gasteiger partial charge in [0.1, 0.15) is 5.82 Å². The summed E-state index contributed by atoms with van der Waals surface area (Å²) >= 11 is 2.99. The first-order chi connectivity index (χ1) is 5.96. The molecule has 0 aromatic heterocycles. The summed E-state index contributed by atoms with van der Waals surface area (Å²) in [6.07, 6.45) is 0. The Bertz CT molecular complexity index is 419. The molecular weight excluding hydrogens is 282 g/mol. The van der Waals surface area contributed by atoms with Crippen molar-refractivity contribution in [2.75, 3.05) is 0 Å². The van der Waals surface area contributed by atoms with Gasteiger partial charge in [0.15, 0.2) is 0 Å². The number of hydrogen-bond donors (Lipinski definition) is 0. The number of rotatable bonds is 2. The van der Waals surface area contributed by atoms with Crippen molar-refractivity contribution in [3.63, 3.8) is 0 Å². The molecule has 0 heterocycles. The first kappa shape index (κ1) is 10.9. The molecule has 1 rings (SSSR count). The predicted octanol–water partition coefficient (Wildman–Crippen LogP) is 2.65. The Morgan fingerprint density at radius 1 is 1.46 bits per heavy atom. The second kappa shape index (κ2) is 3.94. The van der Waals surface area contributed by atoms with Crippen LogP contribution in [0.1, 0.15) is 5.56 Å². The topological polar surface area (TPSA) is 34.1 Å². The van der Waals surface area contributed by atoms with E-state index in [1.54, 1.807) is 0 Å². The highest BCUT2D eigenvalue weighted by molar-refractivity contribution is 9.08. The van der Waals surface area contributed by atoms with E-state index in [0.717, 1.165) is 0 Å². The van der Waals surface area contributed by atoms with Gasteiger partial charge in [-0.2, -0.15) is 0 Å². The summed E-state index contributed by atoms with van der Waals surface area (Å²) in [5, 5.41) is 0.112. The van der Waals surface area contributed by atoms with Crippen LogP contribution in [0.3, 0.4) is 0 Å². The SMILES string of the molecule is O=S(=O)(Cl)c1cccc(F)c1CBr. The molecule has 0 radical (unpaired) electrons. The van der Waals surface area contributed by atoms with E-state index in [1.807, 2.05) is 0 Å². The molecule has 0 aliphatic rings. The summed E-state index contributed by atoms with van der Waals surface area (Å²) in [5.74, 6) is -0.585. The second-order valence-corrected chi connectivity index (χ2v) is 5.38. The summed E-state index contributed by atoms with van der Waals surface area (Å²) in [6.45, 7) is 0. The van der Waals surface area contributed by atoms with Crippen LogP contribution in [-0.2, 0) is 14.4 Å². The van der Waals surface area contributed by atoms with E-state index < -0.39 is 14.9 Å². The number of alkyl halides is 1. The average Bonchev–Trinajstić information content (AvgIpc) is 2.02. The Morgan fingerprint density at radius 2 is 2.08 bits per heavy atom. The van der Waals surface area contributed by atoms with Crippen molar-refractivity contribution in [3.8, 4) is 0 Å². The Balaban J connectivity index is 3.47. The van der Waals surface area contributed by atoms with Crippen LogP contribution in [0, 0.1) is 5.82 Å². The fraction of sp³-hybridized carbons (Fsp3) is 0.143. The lowest BCUT2D eigenvalue weighted by Gasteiger charge is -2.03. The summed E-state index contributed by atoms with van der Waals surface area (Å²) < 4.78 is 34.9. The van der Waals surface area contributed by atoms with Crippen LogP contribution in [0.4, 0.5) is 4.39 Å². The van der Waals surface area contributed by atoms with Crippen molar-refractivity contribution in [3.05, 3.63) is 29.6 Å². The van der Waals surface area contributed by atoms with Crippen molar-refractivity contribution in [2.24, 2.45) is 0 Å². The first-order valence-electron chi connectivity index (χ1n) is 3.25. The van der Waals surface area contributed by atoms with Gasteiger partial charge in [0.05, 0.1) is 4.90 Å². The van der Waals surface area contributed by atoms with Gasteiger partial charge in [-0.15, -0.1) is 0 Å². The molecule has 0 N–H and O–H groups in total. The second-order valence-electron chi connectivity index (χ2n) is 2.29. The van der Waals surface area contributed by atoms with Gasteiger partial charge in [-0.1, -0.05) is 22.0 Å². The molecule has 2 nitrogen and oxygen atoms in total. The van der Waals surface area contributed by atoms with Crippen LogP contribution in [0.2, 0.25) is 0 Å². The van der Waals surface area contributed by atoms with E-state index in [4.69, 9.17) is 10.7 Å². The van der Waals surface area contributed by atoms with Crippen LogP contribution in [0.5, 0.6) is 0 Å². The monoisotopic (exact) mass is 286 g/mol. The lowest BCUT2D eigenvalue weighted by molar-refractivity contribution is 0.596. The summed E-state index contributed by atoms with van der Waals surface area (Å²) in [5.41, 5.74) is 0.0532.